The fraction of sp³-hybridized carbons (Fsp3) is 0.100. The summed E-state index contributed by atoms with van der Waals surface area (Å²) < 4.78 is 0. The van der Waals surface area contributed by atoms with Crippen LogP contribution >= 0.6 is 13.5 Å². The Morgan fingerprint density at radius 3 is 2.54 bits per heavy atom. The van der Waals surface area contributed by atoms with Crippen molar-refractivity contribution in [3.05, 3.63) is 42.1 Å². The number of nitrogens with zero attached hydrogens (tertiary/aromatic N) is 1. The minimum absolute atomic E-state index is 0. The van der Waals surface area contributed by atoms with Crippen LogP contribution in [0.3, 0.4) is 0 Å². The van der Waals surface area contributed by atoms with Gasteiger partial charge in [0.25, 0.3) is 0 Å². The molecule has 0 amide bonds. The molecule has 13 heavy (non-hydrogen) atoms. The van der Waals surface area contributed by atoms with E-state index in [1.54, 1.807) is 0 Å². The van der Waals surface area contributed by atoms with Crippen molar-refractivity contribution >= 4 is 44.2 Å². The maximum absolute atomic E-state index is 4.24. The Labute approximate surface area is 98.1 Å². The average molecular weight is 250 g/mol. The molecule has 2 aromatic rings. The van der Waals surface area contributed by atoms with E-state index in [9.17, 15) is 0 Å². The molecule has 0 atom stereocenters. The van der Waals surface area contributed by atoms with E-state index in [0.717, 1.165) is 5.52 Å². The first-order valence-electron chi connectivity index (χ1n) is 3.68. The molecule has 0 unspecified atom stereocenters. The van der Waals surface area contributed by atoms with Gasteiger partial charge in [-0.25, -0.2) is 0 Å². The van der Waals surface area contributed by atoms with E-state index in [4.69, 9.17) is 0 Å². The van der Waals surface area contributed by atoms with Crippen LogP contribution in [0.5, 0.6) is 0 Å². The monoisotopic (exact) mass is 249 g/mol. The van der Waals surface area contributed by atoms with Gasteiger partial charge in [-0.1, -0.05) is 18.2 Å². The third-order valence-corrected chi connectivity index (χ3v) is 1.86. The van der Waals surface area contributed by atoms with Gasteiger partial charge < -0.3 is 0 Å². The van der Waals surface area contributed by atoms with E-state index < -0.39 is 0 Å². The SMILES string of the molecule is Cc1cccc2ncccc12.S.[GaH3]. The van der Waals surface area contributed by atoms with Crippen LogP contribution < -0.4 is 0 Å². The molecule has 0 aliphatic heterocycles. The molecule has 68 valence electrons. The molecule has 1 aromatic heterocycles. The third-order valence-electron chi connectivity index (χ3n) is 1.86. The zero-order chi connectivity index (χ0) is 7.68. The zero-order valence-corrected chi connectivity index (χ0v) is 7.91. The molecule has 2 rings (SSSR count). The number of fused-ring (bicyclic) bond motifs is 1. The Bertz CT molecular complexity index is 384. The van der Waals surface area contributed by atoms with Gasteiger partial charge in [-0.15, -0.1) is 0 Å². The van der Waals surface area contributed by atoms with Crippen LogP contribution in [0.4, 0.5) is 0 Å². The molecule has 0 saturated heterocycles. The molecule has 1 heterocycles. The Hall–Kier alpha value is -0.384. The van der Waals surface area contributed by atoms with E-state index in [1.807, 2.05) is 24.4 Å². The molecule has 0 saturated carbocycles. The molecule has 0 spiro atoms. The Morgan fingerprint density at radius 1 is 1.08 bits per heavy atom. The fourth-order valence-electron chi connectivity index (χ4n) is 1.26. The molecule has 0 aliphatic rings. The van der Waals surface area contributed by atoms with Crippen molar-refractivity contribution in [1.29, 1.82) is 0 Å². The second-order valence-electron chi connectivity index (χ2n) is 2.64. The van der Waals surface area contributed by atoms with E-state index >= 15 is 0 Å². The van der Waals surface area contributed by atoms with Crippen LogP contribution in [0, 0.1) is 6.92 Å². The van der Waals surface area contributed by atoms with Gasteiger partial charge in [-0.05, 0) is 24.6 Å². The van der Waals surface area contributed by atoms with Crippen LogP contribution in [0.25, 0.3) is 10.9 Å². The molecule has 1 nitrogen and oxygen atoms in total. The van der Waals surface area contributed by atoms with E-state index in [2.05, 4.69) is 24.0 Å². The van der Waals surface area contributed by atoms with E-state index in [0.29, 0.717) is 0 Å². The van der Waals surface area contributed by atoms with Crippen LogP contribution in [0.1, 0.15) is 5.56 Å². The van der Waals surface area contributed by atoms with Gasteiger partial charge in [0.2, 0.25) is 0 Å². The summed E-state index contributed by atoms with van der Waals surface area (Å²) in [5.74, 6) is 0. The standard InChI is InChI=1S/C10H9N.Ga.H2S.3H/c1-8-4-2-6-10-9(8)5-3-7-11-10;;;;;/h2-7H,1H3;;1H2;;;. The average Bonchev–Trinajstić information content (AvgIpc) is 2.06. The molecule has 0 N–H and O–H groups in total. The van der Waals surface area contributed by atoms with Crippen molar-refractivity contribution < 1.29 is 0 Å². The number of hydrogen-bond acceptors (Lipinski definition) is 1. The summed E-state index contributed by atoms with van der Waals surface area (Å²) in [5.41, 5.74) is 2.36. The summed E-state index contributed by atoms with van der Waals surface area (Å²) >= 11 is 0. The van der Waals surface area contributed by atoms with Gasteiger partial charge in [-0.3, -0.25) is 4.98 Å². The van der Waals surface area contributed by atoms with Crippen LogP contribution in [0.15, 0.2) is 36.5 Å². The minimum atomic E-state index is 0. The zero-order valence-electron chi connectivity index (χ0n) is 6.91. The van der Waals surface area contributed by atoms with E-state index in [-0.39, 0.29) is 33.3 Å². The number of aryl methyl sites for hydroxylation is 1. The summed E-state index contributed by atoms with van der Waals surface area (Å²) in [4.78, 5) is 4.24. The Morgan fingerprint density at radius 2 is 1.85 bits per heavy atom. The maximum atomic E-state index is 4.24. The van der Waals surface area contributed by atoms with Gasteiger partial charge in [0.1, 0.15) is 0 Å². The Kier molecular flexibility index (Phi) is 5.21. The first-order valence-corrected chi connectivity index (χ1v) is 3.68. The summed E-state index contributed by atoms with van der Waals surface area (Å²) in [5, 5.41) is 1.25. The number of benzene rings is 1. The molecule has 1 aromatic carbocycles. The van der Waals surface area contributed by atoms with Gasteiger partial charge in [0.15, 0.2) is 0 Å². The van der Waals surface area contributed by atoms with Gasteiger partial charge in [0.05, 0.1) is 5.52 Å². The van der Waals surface area contributed by atoms with Gasteiger partial charge in [0, 0.05) is 11.6 Å². The van der Waals surface area contributed by atoms with Crippen molar-refractivity contribution in [2.45, 2.75) is 6.92 Å². The number of hydrogen-bond donors (Lipinski definition) is 0. The predicted octanol–water partition coefficient (Wildman–Crippen LogP) is 1.47. The summed E-state index contributed by atoms with van der Waals surface area (Å²) in [6.45, 7) is 2.10. The normalized spacial score (nSPS) is 8.69. The van der Waals surface area contributed by atoms with Crippen LogP contribution in [0.2, 0.25) is 0 Å². The van der Waals surface area contributed by atoms with Crippen molar-refractivity contribution in [2.24, 2.45) is 0 Å². The quantitative estimate of drug-likeness (QED) is 0.645. The van der Waals surface area contributed by atoms with Gasteiger partial charge >= 0.3 is 19.8 Å². The topological polar surface area (TPSA) is 12.9 Å². The Balaban J connectivity index is 0.000000720. The second kappa shape index (κ2) is 5.37. The van der Waals surface area contributed by atoms with Crippen molar-refractivity contribution in [3.63, 3.8) is 0 Å². The third kappa shape index (κ3) is 2.53. The summed E-state index contributed by atoms with van der Waals surface area (Å²) in [7, 11) is 0. The van der Waals surface area contributed by atoms with Crippen LogP contribution in [-0.2, 0) is 0 Å². The number of aromatic nitrogens is 1. The van der Waals surface area contributed by atoms with E-state index in [1.165, 1.54) is 10.9 Å². The fourth-order valence-corrected chi connectivity index (χ4v) is 1.26. The molecular formula is C10H14GaNS. The molecule has 0 radical (unpaired) electrons. The van der Waals surface area contributed by atoms with Crippen molar-refractivity contribution in [3.8, 4) is 0 Å². The number of pyridine rings is 1. The number of rotatable bonds is 0. The molecule has 0 aliphatic carbocycles. The van der Waals surface area contributed by atoms with Crippen molar-refractivity contribution in [1.82, 2.24) is 4.98 Å². The predicted molar refractivity (Wildman–Crippen MR) is 66.8 cm³/mol. The van der Waals surface area contributed by atoms with Crippen molar-refractivity contribution in [2.75, 3.05) is 0 Å². The summed E-state index contributed by atoms with van der Waals surface area (Å²) in [6.07, 6.45) is 1.82. The molecular weight excluding hydrogens is 236 g/mol. The molecule has 0 fully saturated rings. The van der Waals surface area contributed by atoms with Gasteiger partial charge in [-0.2, -0.15) is 13.5 Å². The first-order chi connectivity index (χ1) is 5.38. The summed E-state index contributed by atoms with van der Waals surface area (Å²) in [6, 6.07) is 10.2. The molecule has 3 heteroatoms. The first kappa shape index (κ1) is 12.6. The molecule has 0 bridgehead atoms. The second-order valence-corrected chi connectivity index (χ2v) is 2.64. The van der Waals surface area contributed by atoms with Crippen LogP contribution in [-0.4, -0.2) is 24.8 Å².